The fourth-order valence-corrected chi connectivity index (χ4v) is 4.38. The number of aliphatic hydroxyl groups excluding tert-OH is 1. The van der Waals surface area contributed by atoms with Crippen LogP contribution in [0.15, 0.2) is 78.9 Å². The van der Waals surface area contributed by atoms with Crippen LogP contribution in [0.3, 0.4) is 0 Å². The summed E-state index contributed by atoms with van der Waals surface area (Å²) in [4.78, 5) is 16.0. The van der Waals surface area contributed by atoms with Crippen LogP contribution in [0.2, 0.25) is 0 Å². The van der Waals surface area contributed by atoms with E-state index >= 15 is 0 Å². The Morgan fingerprint density at radius 2 is 1.94 bits per heavy atom. The van der Waals surface area contributed by atoms with Gasteiger partial charge >= 0.3 is 5.97 Å². The molecular weight excluding hydrogens is 430 g/mol. The second kappa shape index (κ2) is 9.15. The molecule has 6 nitrogen and oxygen atoms in total. The molecule has 3 aromatic carbocycles. The van der Waals surface area contributed by atoms with Crippen molar-refractivity contribution in [3.8, 4) is 11.5 Å². The summed E-state index contributed by atoms with van der Waals surface area (Å²) in [6, 6.07) is 24.2. The number of para-hydroxylation sites is 1. The van der Waals surface area contributed by atoms with Crippen molar-refractivity contribution in [3.63, 3.8) is 0 Å². The molecule has 34 heavy (non-hydrogen) atoms. The number of carboxylic acid groups (broad SMARTS) is 1. The topological polar surface area (TPSA) is 88.9 Å². The number of aromatic carboxylic acids is 1. The van der Waals surface area contributed by atoms with Gasteiger partial charge < -0.3 is 19.7 Å². The molecule has 1 aliphatic heterocycles. The molecule has 4 aromatic rings. The summed E-state index contributed by atoms with van der Waals surface area (Å²) in [5.74, 6) is 0.0834. The monoisotopic (exact) mass is 455 g/mol. The molecule has 1 unspecified atom stereocenters. The van der Waals surface area contributed by atoms with Crippen LogP contribution in [0.4, 0.5) is 0 Å². The first-order valence-electron chi connectivity index (χ1n) is 11.3. The fourth-order valence-electron chi connectivity index (χ4n) is 4.38. The smallest absolute Gasteiger partial charge is 0.335 e. The molecule has 0 saturated carbocycles. The molecule has 0 amide bonds. The molecular formula is C28H25NO5. The lowest BCUT2D eigenvalue weighted by molar-refractivity contribution is 0.0503. The molecule has 2 heterocycles. The van der Waals surface area contributed by atoms with Crippen molar-refractivity contribution in [1.29, 1.82) is 0 Å². The van der Waals surface area contributed by atoms with E-state index in [-0.39, 0.29) is 17.6 Å². The minimum Gasteiger partial charge on any atom is -0.493 e. The summed E-state index contributed by atoms with van der Waals surface area (Å²) in [7, 11) is 0. The number of carboxylic acids is 1. The Labute approximate surface area is 197 Å². The summed E-state index contributed by atoms with van der Waals surface area (Å²) >= 11 is 0. The third-order valence-corrected chi connectivity index (χ3v) is 6.22. The van der Waals surface area contributed by atoms with Gasteiger partial charge in [0.1, 0.15) is 17.6 Å². The van der Waals surface area contributed by atoms with Gasteiger partial charge in [0.15, 0.2) is 0 Å². The first-order chi connectivity index (χ1) is 16.5. The van der Waals surface area contributed by atoms with Crippen LogP contribution in [0.5, 0.6) is 11.5 Å². The molecule has 0 saturated heterocycles. The molecule has 1 aromatic heterocycles. The summed E-state index contributed by atoms with van der Waals surface area (Å²) in [6.45, 7) is 2.30. The Morgan fingerprint density at radius 1 is 1.09 bits per heavy atom. The maximum Gasteiger partial charge on any atom is 0.335 e. The number of ether oxygens (including phenoxy) is 2. The first-order valence-corrected chi connectivity index (χ1v) is 11.3. The van der Waals surface area contributed by atoms with Crippen LogP contribution < -0.4 is 9.47 Å². The third-order valence-electron chi connectivity index (χ3n) is 6.22. The van der Waals surface area contributed by atoms with Crippen molar-refractivity contribution in [2.45, 2.75) is 25.6 Å². The third kappa shape index (κ3) is 4.45. The first kappa shape index (κ1) is 21.9. The quantitative estimate of drug-likeness (QED) is 0.407. The Hall–Kier alpha value is -3.90. The number of pyridine rings is 1. The fraction of sp³-hybridized carbons (Fsp3) is 0.214. The standard InChI is InChI=1S/C28H25NO5/c1-17(24-11-9-19-6-2-3-8-25(19)29-24)34-22-10-12-26-23(15-22)27(30)21(16-33-26)14-18-5-4-7-20(13-18)28(31)32/h2-13,15,17,21,27,30H,14,16H2,1H3,(H,31,32)/t17?,21-,27-/m1/s1. The van der Waals surface area contributed by atoms with E-state index in [1.165, 1.54) is 0 Å². The number of hydrogen-bond donors (Lipinski definition) is 2. The predicted molar refractivity (Wildman–Crippen MR) is 128 cm³/mol. The zero-order valence-electron chi connectivity index (χ0n) is 18.7. The Kier molecular flexibility index (Phi) is 5.90. The molecule has 6 heteroatoms. The normalized spacial score (nSPS) is 18.1. The summed E-state index contributed by atoms with van der Waals surface area (Å²) in [5.41, 5.74) is 3.49. The van der Waals surface area contributed by atoms with Crippen molar-refractivity contribution < 1.29 is 24.5 Å². The van der Waals surface area contributed by atoms with E-state index in [1.54, 1.807) is 18.2 Å². The zero-order valence-corrected chi connectivity index (χ0v) is 18.7. The minimum atomic E-state index is -0.968. The number of aromatic nitrogens is 1. The minimum absolute atomic E-state index is 0.202. The van der Waals surface area contributed by atoms with Crippen LogP contribution in [0.1, 0.15) is 46.3 Å². The van der Waals surface area contributed by atoms with E-state index in [1.807, 2.05) is 67.6 Å². The van der Waals surface area contributed by atoms with Crippen molar-refractivity contribution in [2.75, 3.05) is 6.61 Å². The molecule has 0 bridgehead atoms. The van der Waals surface area contributed by atoms with E-state index < -0.39 is 12.1 Å². The molecule has 2 N–H and O–H groups in total. The highest BCUT2D eigenvalue weighted by Crippen LogP contribution is 2.39. The Morgan fingerprint density at radius 3 is 2.79 bits per heavy atom. The molecule has 0 fully saturated rings. The maximum absolute atomic E-state index is 11.3. The lowest BCUT2D eigenvalue weighted by Gasteiger charge is -2.31. The van der Waals surface area contributed by atoms with Crippen LogP contribution in [0, 0.1) is 5.92 Å². The second-order valence-electron chi connectivity index (χ2n) is 8.61. The molecule has 172 valence electrons. The van der Waals surface area contributed by atoms with Gasteiger partial charge in [-0.3, -0.25) is 0 Å². The van der Waals surface area contributed by atoms with Crippen LogP contribution in [0.25, 0.3) is 10.9 Å². The van der Waals surface area contributed by atoms with Crippen molar-refractivity contribution in [2.24, 2.45) is 5.92 Å². The largest absolute Gasteiger partial charge is 0.493 e. The molecule has 1 aliphatic rings. The lowest BCUT2D eigenvalue weighted by Crippen LogP contribution is -2.27. The summed E-state index contributed by atoms with van der Waals surface area (Å²) in [6.07, 6.45) is -0.529. The van der Waals surface area contributed by atoms with Crippen molar-refractivity contribution in [1.82, 2.24) is 4.98 Å². The Bertz CT molecular complexity index is 1350. The van der Waals surface area contributed by atoms with E-state index in [0.717, 1.165) is 22.2 Å². The molecule has 3 atom stereocenters. The van der Waals surface area contributed by atoms with Crippen LogP contribution in [-0.4, -0.2) is 27.8 Å². The Balaban J connectivity index is 1.33. The maximum atomic E-state index is 11.3. The number of hydrogen-bond acceptors (Lipinski definition) is 5. The molecule has 0 spiro atoms. The highest BCUT2D eigenvalue weighted by Gasteiger charge is 2.30. The number of benzene rings is 3. The van der Waals surface area contributed by atoms with E-state index in [9.17, 15) is 15.0 Å². The average Bonchev–Trinajstić information content (AvgIpc) is 2.86. The van der Waals surface area contributed by atoms with Crippen molar-refractivity contribution in [3.05, 3.63) is 101 Å². The van der Waals surface area contributed by atoms with E-state index in [0.29, 0.717) is 30.1 Å². The van der Waals surface area contributed by atoms with E-state index in [2.05, 4.69) is 0 Å². The molecule has 0 aliphatic carbocycles. The number of aliphatic hydroxyl groups is 1. The number of rotatable bonds is 6. The molecule has 0 radical (unpaired) electrons. The van der Waals surface area contributed by atoms with Gasteiger partial charge in [-0.1, -0.05) is 36.4 Å². The number of nitrogens with zero attached hydrogens (tertiary/aromatic N) is 1. The van der Waals surface area contributed by atoms with Gasteiger partial charge in [0, 0.05) is 16.9 Å². The number of carbonyl (C=O) groups is 1. The highest BCUT2D eigenvalue weighted by molar-refractivity contribution is 5.87. The predicted octanol–water partition coefficient (Wildman–Crippen LogP) is 5.36. The molecule has 5 rings (SSSR count). The van der Waals surface area contributed by atoms with Gasteiger partial charge in [0.25, 0.3) is 0 Å². The van der Waals surface area contributed by atoms with Crippen molar-refractivity contribution >= 4 is 16.9 Å². The van der Waals surface area contributed by atoms with E-state index in [4.69, 9.17) is 14.5 Å². The lowest BCUT2D eigenvalue weighted by atomic mass is 9.88. The number of fused-ring (bicyclic) bond motifs is 2. The van der Waals surface area contributed by atoms with Gasteiger partial charge in [-0.2, -0.15) is 0 Å². The van der Waals surface area contributed by atoms with Gasteiger partial charge in [-0.15, -0.1) is 0 Å². The van der Waals surface area contributed by atoms with Gasteiger partial charge in [0.05, 0.1) is 29.5 Å². The van der Waals surface area contributed by atoms with Gasteiger partial charge in [-0.05, 0) is 61.4 Å². The van der Waals surface area contributed by atoms with Crippen LogP contribution >= 0.6 is 0 Å². The van der Waals surface area contributed by atoms with Gasteiger partial charge in [-0.25, -0.2) is 9.78 Å². The second-order valence-corrected chi connectivity index (χ2v) is 8.61. The summed E-state index contributed by atoms with van der Waals surface area (Å²) in [5, 5.41) is 21.4. The highest BCUT2D eigenvalue weighted by atomic mass is 16.5. The zero-order chi connectivity index (χ0) is 23.7. The summed E-state index contributed by atoms with van der Waals surface area (Å²) < 4.78 is 12.1. The van der Waals surface area contributed by atoms with Gasteiger partial charge in [0.2, 0.25) is 0 Å². The van der Waals surface area contributed by atoms with Crippen LogP contribution in [-0.2, 0) is 6.42 Å². The SMILES string of the molecule is CC(Oc1ccc2c(c1)[C@H](O)[C@H](Cc1cccc(C(=O)O)c1)CO2)c1ccc2ccccc2n1. The average molecular weight is 456 g/mol.